The number of aryl methyl sites for hydroxylation is 4. The van der Waals surface area contributed by atoms with E-state index in [4.69, 9.17) is 17.0 Å². The summed E-state index contributed by atoms with van der Waals surface area (Å²) in [6.07, 6.45) is 8.96. The van der Waals surface area contributed by atoms with Crippen LogP contribution in [0.2, 0.25) is 13.1 Å². The average molecular weight is 744 g/mol. The second-order valence-corrected chi connectivity index (χ2v) is 56.4. The summed E-state index contributed by atoms with van der Waals surface area (Å²) in [5.41, 5.74) is 19.2. The third-order valence-corrected chi connectivity index (χ3v) is 63.2. The second-order valence-electron chi connectivity index (χ2n) is 13.9. The van der Waals surface area contributed by atoms with E-state index in [1.165, 1.54) is 77.9 Å². The summed E-state index contributed by atoms with van der Waals surface area (Å²) in [4.78, 5) is 0. The van der Waals surface area contributed by atoms with Gasteiger partial charge in [-0.15, -0.1) is 0 Å². The maximum atomic E-state index is 8.69. The van der Waals surface area contributed by atoms with Crippen molar-refractivity contribution in [3.05, 3.63) is 128 Å². The Hall–Kier alpha value is -1.96. The molecule has 0 radical (unpaired) electrons. The predicted molar refractivity (Wildman–Crippen MR) is 205 cm³/mol. The van der Waals surface area contributed by atoms with Crippen molar-refractivity contribution in [2.75, 3.05) is 0 Å². The SMILES string of the molecule is CCC1=Cc2c(ccc(C)c2-c2ccccc2CC)[CH]1[Zr]([Cl])([Cl])([CH]1C(CC)=Cc2c1ccc(C)c2-c1ccccc1CC)[SiH](C)C. The molecule has 239 valence electrons. The molecule has 4 aromatic carbocycles. The molecular weight excluding hydrogens is 695 g/mol. The first-order chi connectivity index (χ1) is 22.0. The Bertz CT molecular complexity index is 1770. The number of allylic oxidation sites excluding steroid dienone is 2. The van der Waals surface area contributed by atoms with Gasteiger partial charge in [-0.2, -0.15) is 0 Å². The molecule has 0 nitrogen and oxygen atoms in total. The van der Waals surface area contributed by atoms with Crippen LogP contribution >= 0.6 is 17.0 Å². The van der Waals surface area contributed by atoms with Gasteiger partial charge in [0.15, 0.2) is 0 Å². The van der Waals surface area contributed by atoms with Crippen LogP contribution in [0.1, 0.15) is 92.3 Å². The van der Waals surface area contributed by atoms with Gasteiger partial charge in [-0.25, -0.2) is 0 Å². The van der Waals surface area contributed by atoms with Crippen LogP contribution in [0.3, 0.4) is 0 Å². The molecule has 0 bridgehead atoms. The predicted octanol–water partition coefficient (Wildman–Crippen LogP) is 13.1. The molecule has 0 fully saturated rings. The molecule has 2 atom stereocenters. The Kier molecular flexibility index (Phi) is 9.45. The van der Waals surface area contributed by atoms with Crippen molar-refractivity contribution in [3.8, 4) is 22.3 Å². The third kappa shape index (κ3) is 5.08. The van der Waals surface area contributed by atoms with E-state index in [1.54, 1.807) is 0 Å². The van der Waals surface area contributed by atoms with Gasteiger partial charge < -0.3 is 0 Å². The van der Waals surface area contributed by atoms with E-state index >= 15 is 0 Å². The summed E-state index contributed by atoms with van der Waals surface area (Å²) in [6.45, 7) is 18.6. The van der Waals surface area contributed by atoms with Crippen LogP contribution in [0.5, 0.6) is 0 Å². The molecule has 0 saturated carbocycles. The number of benzene rings is 4. The summed E-state index contributed by atoms with van der Waals surface area (Å²) in [5.74, 6) is -1.62. The third-order valence-electron chi connectivity index (χ3n) is 11.4. The summed E-state index contributed by atoms with van der Waals surface area (Å²) in [7, 11) is 17.4. The first kappa shape index (κ1) is 33.9. The van der Waals surface area contributed by atoms with Crippen molar-refractivity contribution in [1.82, 2.24) is 0 Å². The van der Waals surface area contributed by atoms with Crippen LogP contribution in [-0.4, -0.2) is 5.92 Å². The van der Waals surface area contributed by atoms with Gasteiger partial charge in [-0.3, -0.25) is 0 Å². The van der Waals surface area contributed by atoms with E-state index in [2.05, 4.69) is 140 Å². The van der Waals surface area contributed by atoms with Crippen molar-refractivity contribution in [2.24, 2.45) is 0 Å². The zero-order valence-corrected chi connectivity index (χ0v) is 34.0. The standard InChI is InChI=1S/2C20H21.C2H7Si.2ClH.Zr/c2*1-4-15-12-17-11-10-14(3)20(19(17)13-15)18-9-7-6-8-16(18)5-2;1-3-2;;;/h2*6-13H,4-5H2,1-3H3;3H,1-2H3;2*1H;/q;;;;;+2/p-2. The van der Waals surface area contributed by atoms with Gasteiger partial charge >= 0.3 is 289 Å². The molecule has 4 aromatic rings. The molecule has 46 heavy (non-hydrogen) atoms. The van der Waals surface area contributed by atoms with Gasteiger partial charge in [0.1, 0.15) is 0 Å². The molecule has 0 spiro atoms. The molecular formula is C42H49Cl2SiZr. The number of halogens is 2. The molecule has 0 saturated heterocycles. The molecule has 2 aliphatic carbocycles. The first-order valence-electron chi connectivity index (χ1n) is 17.4. The van der Waals surface area contributed by atoms with Crippen LogP contribution < -0.4 is 0 Å². The van der Waals surface area contributed by atoms with Crippen LogP contribution in [0.25, 0.3) is 34.4 Å². The normalized spacial score (nSPS) is 18.2. The summed E-state index contributed by atoms with van der Waals surface area (Å²) in [5, 5.41) is 0. The summed E-state index contributed by atoms with van der Waals surface area (Å²) < 4.78 is 0.228. The van der Waals surface area contributed by atoms with Crippen LogP contribution in [0, 0.1) is 13.8 Å². The van der Waals surface area contributed by atoms with Crippen LogP contribution in [0.15, 0.2) is 83.9 Å². The van der Waals surface area contributed by atoms with E-state index in [0.717, 1.165) is 25.7 Å². The maximum absolute atomic E-state index is 8.69. The topological polar surface area (TPSA) is 0 Å². The van der Waals surface area contributed by atoms with Gasteiger partial charge in [0.05, 0.1) is 0 Å². The van der Waals surface area contributed by atoms with E-state index in [-0.39, 0.29) is 7.25 Å². The Balaban J connectivity index is 1.63. The number of rotatable bonds is 9. The van der Waals surface area contributed by atoms with Gasteiger partial charge in [-0.05, 0) is 0 Å². The number of hydrogen-bond acceptors (Lipinski definition) is 0. The van der Waals surface area contributed by atoms with Crippen molar-refractivity contribution in [1.29, 1.82) is 0 Å². The zero-order valence-electron chi connectivity index (χ0n) is 28.9. The Morgan fingerprint density at radius 2 is 0.957 bits per heavy atom. The van der Waals surface area contributed by atoms with Gasteiger partial charge in [-0.1, -0.05) is 0 Å². The van der Waals surface area contributed by atoms with Crippen LogP contribution in [-0.2, 0) is 28.4 Å². The van der Waals surface area contributed by atoms with Crippen molar-refractivity contribution < 1.29 is 15.6 Å². The minimum atomic E-state index is -4.82. The Labute approximate surface area is 286 Å². The minimum absolute atomic E-state index is 0.114. The van der Waals surface area contributed by atoms with E-state index in [0.29, 0.717) is 0 Å². The Morgan fingerprint density at radius 3 is 1.30 bits per heavy atom. The summed E-state index contributed by atoms with van der Waals surface area (Å²) in [6, 6.07) is 27.4. The average Bonchev–Trinajstić information content (AvgIpc) is 3.64. The molecule has 6 rings (SSSR count). The van der Waals surface area contributed by atoms with Crippen molar-refractivity contribution in [2.45, 2.75) is 87.6 Å². The fourth-order valence-corrected chi connectivity index (χ4v) is 40.6. The monoisotopic (exact) mass is 741 g/mol. The quantitative estimate of drug-likeness (QED) is 0.150. The second kappa shape index (κ2) is 12.8. The molecule has 2 aliphatic rings. The van der Waals surface area contributed by atoms with Crippen molar-refractivity contribution >= 4 is 35.1 Å². The van der Waals surface area contributed by atoms with Gasteiger partial charge in [0.25, 0.3) is 0 Å². The molecule has 0 heterocycles. The fraction of sp³-hybridized carbons (Fsp3) is 0.333. The fourth-order valence-electron chi connectivity index (χ4n) is 8.85. The van der Waals surface area contributed by atoms with E-state index in [1.807, 2.05) is 0 Å². The molecule has 2 unspecified atom stereocenters. The van der Waals surface area contributed by atoms with Gasteiger partial charge in [0.2, 0.25) is 0 Å². The molecule has 0 aromatic heterocycles. The van der Waals surface area contributed by atoms with E-state index in [9.17, 15) is 0 Å². The molecule has 4 heteroatoms. The first-order valence-corrected chi connectivity index (χ1v) is 33.7. The molecule has 0 amide bonds. The zero-order chi connectivity index (χ0) is 33.0. The van der Waals surface area contributed by atoms with Crippen molar-refractivity contribution in [3.63, 3.8) is 0 Å². The van der Waals surface area contributed by atoms with E-state index < -0.39 is 21.5 Å². The van der Waals surface area contributed by atoms with Crippen LogP contribution in [0.4, 0.5) is 0 Å². The number of hydrogen-bond donors (Lipinski definition) is 0. The molecule has 0 N–H and O–H groups in total. The molecule has 0 aliphatic heterocycles. The Morgan fingerprint density at radius 1 is 0.565 bits per heavy atom. The number of fused-ring (bicyclic) bond motifs is 2. The summed E-state index contributed by atoms with van der Waals surface area (Å²) >= 11 is -4.82. The van der Waals surface area contributed by atoms with Gasteiger partial charge in [0, 0.05) is 0 Å².